The molecule has 0 aromatic heterocycles. The van der Waals surface area contributed by atoms with Crippen LogP contribution in [-0.2, 0) is 11.4 Å². The molecule has 0 unspecified atom stereocenters. The molecule has 0 aliphatic carbocycles. The molecule has 0 aliphatic heterocycles. The Kier molecular flexibility index (Phi) is 7.50. The Labute approximate surface area is 194 Å². The van der Waals surface area contributed by atoms with Crippen LogP contribution in [0.15, 0.2) is 72.3 Å². The maximum absolute atomic E-state index is 12.5. The molecule has 0 spiro atoms. The normalized spacial score (nSPS) is 10.9. The molecular weight excluding hydrogens is 511 g/mol. The highest BCUT2D eigenvalue weighted by atomic mass is 127. The second-order valence-electron chi connectivity index (χ2n) is 6.57. The summed E-state index contributed by atoms with van der Waals surface area (Å²) < 4.78 is 6.97. The highest BCUT2D eigenvalue weighted by molar-refractivity contribution is 14.1. The average Bonchev–Trinajstić information content (AvgIpc) is 2.75. The minimum absolute atomic E-state index is 0.00179. The summed E-state index contributed by atoms with van der Waals surface area (Å²) >= 11 is 8.25. The average molecular weight is 529 g/mol. The Morgan fingerprint density at radius 2 is 1.83 bits per heavy atom. The van der Waals surface area contributed by atoms with Gasteiger partial charge in [-0.25, -0.2) is 0 Å². The van der Waals surface area contributed by atoms with E-state index in [1.807, 2.05) is 55.5 Å². The zero-order valence-corrected chi connectivity index (χ0v) is 19.1. The van der Waals surface area contributed by atoms with Crippen LogP contribution in [0, 0.1) is 21.8 Å². The topological polar surface area (TPSA) is 62.1 Å². The Balaban J connectivity index is 1.66. The Morgan fingerprint density at radius 1 is 1.13 bits per heavy atom. The number of aryl methyl sites for hydroxylation is 1. The highest BCUT2D eigenvalue weighted by Gasteiger charge is 2.11. The standard InChI is InChI=1S/C24H18ClIN2O2/c1-16-2-7-20(25)13-23(16)28-24(29)19(14-27)12-17-5-10-22(11-6-17)30-15-18-3-8-21(26)9-4-18/h2-13H,15H2,1H3,(H,28,29)/b19-12-. The summed E-state index contributed by atoms with van der Waals surface area (Å²) in [5, 5.41) is 12.7. The van der Waals surface area contributed by atoms with Crippen molar-refractivity contribution in [3.05, 3.63) is 97.6 Å². The van der Waals surface area contributed by atoms with Crippen LogP contribution in [0.25, 0.3) is 6.08 Å². The highest BCUT2D eigenvalue weighted by Crippen LogP contribution is 2.21. The molecular formula is C24H18ClIN2O2. The van der Waals surface area contributed by atoms with Crippen molar-refractivity contribution in [1.29, 1.82) is 5.26 Å². The third-order valence-electron chi connectivity index (χ3n) is 4.32. The molecule has 1 N–H and O–H groups in total. The van der Waals surface area contributed by atoms with Gasteiger partial charge < -0.3 is 10.1 Å². The van der Waals surface area contributed by atoms with Gasteiger partial charge in [-0.1, -0.05) is 41.9 Å². The van der Waals surface area contributed by atoms with Crippen molar-refractivity contribution < 1.29 is 9.53 Å². The fourth-order valence-electron chi connectivity index (χ4n) is 2.64. The predicted molar refractivity (Wildman–Crippen MR) is 128 cm³/mol. The minimum atomic E-state index is -0.484. The molecule has 0 radical (unpaired) electrons. The van der Waals surface area contributed by atoms with Crippen LogP contribution < -0.4 is 10.1 Å². The molecule has 0 aliphatic rings. The second-order valence-corrected chi connectivity index (χ2v) is 8.25. The molecule has 150 valence electrons. The van der Waals surface area contributed by atoms with E-state index in [4.69, 9.17) is 16.3 Å². The zero-order valence-electron chi connectivity index (χ0n) is 16.2. The van der Waals surface area contributed by atoms with Gasteiger partial charge in [0, 0.05) is 14.3 Å². The molecule has 6 heteroatoms. The van der Waals surface area contributed by atoms with Gasteiger partial charge >= 0.3 is 0 Å². The Bertz CT molecular complexity index is 1120. The molecule has 3 aromatic rings. The van der Waals surface area contributed by atoms with E-state index in [0.29, 0.717) is 23.1 Å². The van der Waals surface area contributed by atoms with Crippen molar-refractivity contribution in [1.82, 2.24) is 0 Å². The van der Waals surface area contributed by atoms with Gasteiger partial charge in [0.25, 0.3) is 5.91 Å². The van der Waals surface area contributed by atoms with Crippen molar-refractivity contribution >= 4 is 51.9 Å². The number of benzene rings is 3. The van der Waals surface area contributed by atoms with E-state index in [9.17, 15) is 10.1 Å². The molecule has 4 nitrogen and oxygen atoms in total. The lowest BCUT2D eigenvalue weighted by molar-refractivity contribution is -0.112. The summed E-state index contributed by atoms with van der Waals surface area (Å²) in [6, 6.07) is 22.5. The number of nitrogens with one attached hydrogen (secondary N) is 1. The van der Waals surface area contributed by atoms with Gasteiger partial charge in [-0.15, -0.1) is 0 Å². The third-order valence-corrected chi connectivity index (χ3v) is 5.28. The number of amides is 1. The first kappa shape index (κ1) is 21.9. The summed E-state index contributed by atoms with van der Waals surface area (Å²) in [5.41, 5.74) is 3.25. The lowest BCUT2D eigenvalue weighted by atomic mass is 10.1. The third kappa shape index (κ3) is 6.09. The first-order valence-electron chi connectivity index (χ1n) is 9.11. The van der Waals surface area contributed by atoms with Crippen molar-refractivity contribution in [2.75, 3.05) is 5.32 Å². The fourth-order valence-corrected chi connectivity index (χ4v) is 3.17. The van der Waals surface area contributed by atoms with Gasteiger partial charge in [0.1, 0.15) is 24.0 Å². The van der Waals surface area contributed by atoms with Gasteiger partial charge in [0.05, 0.1) is 0 Å². The number of carbonyl (C=O) groups excluding carboxylic acids is 1. The summed E-state index contributed by atoms with van der Waals surface area (Å²) in [5.74, 6) is 0.227. The molecule has 0 heterocycles. The van der Waals surface area contributed by atoms with Crippen LogP contribution in [0.5, 0.6) is 5.75 Å². The number of anilines is 1. The molecule has 0 bridgehead atoms. The number of nitriles is 1. The predicted octanol–water partition coefficient (Wildman–Crippen LogP) is 6.38. The van der Waals surface area contributed by atoms with Gasteiger partial charge in [-0.05, 0) is 88.7 Å². The van der Waals surface area contributed by atoms with E-state index in [2.05, 4.69) is 27.9 Å². The maximum Gasteiger partial charge on any atom is 0.266 e. The molecule has 3 aromatic carbocycles. The number of carbonyl (C=O) groups is 1. The van der Waals surface area contributed by atoms with E-state index in [1.54, 1.807) is 24.3 Å². The Morgan fingerprint density at radius 3 is 2.50 bits per heavy atom. The molecule has 3 rings (SSSR count). The van der Waals surface area contributed by atoms with Crippen LogP contribution >= 0.6 is 34.2 Å². The van der Waals surface area contributed by atoms with Crippen LogP contribution in [0.2, 0.25) is 5.02 Å². The summed E-state index contributed by atoms with van der Waals surface area (Å²) in [6.45, 7) is 2.33. The quantitative estimate of drug-likeness (QED) is 0.229. The Hall–Kier alpha value is -2.82. The zero-order chi connectivity index (χ0) is 21.5. The van der Waals surface area contributed by atoms with E-state index in [1.165, 1.54) is 9.65 Å². The molecule has 30 heavy (non-hydrogen) atoms. The van der Waals surface area contributed by atoms with Gasteiger partial charge in [-0.3, -0.25) is 4.79 Å². The van der Waals surface area contributed by atoms with E-state index in [0.717, 1.165) is 16.7 Å². The molecule has 0 saturated carbocycles. The molecule has 1 amide bonds. The number of hydrogen-bond donors (Lipinski definition) is 1. The number of halogens is 2. The number of hydrogen-bond acceptors (Lipinski definition) is 3. The largest absolute Gasteiger partial charge is 0.489 e. The lowest BCUT2D eigenvalue weighted by Crippen LogP contribution is -2.14. The fraction of sp³-hybridized carbons (Fsp3) is 0.0833. The molecule has 0 fully saturated rings. The van der Waals surface area contributed by atoms with Crippen LogP contribution in [0.3, 0.4) is 0 Å². The van der Waals surface area contributed by atoms with Crippen molar-refractivity contribution in [2.45, 2.75) is 13.5 Å². The number of rotatable bonds is 6. The first-order valence-corrected chi connectivity index (χ1v) is 10.6. The monoisotopic (exact) mass is 528 g/mol. The number of nitrogens with zero attached hydrogens (tertiary/aromatic N) is 1. The van der Waals surface area contributed by atoms with Gasteiger partial charge in [0.15, 0.2) is 0 Å². The molecule has 0 atom stereocenters. The van der Waals surface area contributed by atoms with Gasteiger partial charge in [-0.2, -0.15) is 5.26 Å². The number of ether oxygens (including phenoxy) is 1. The minimum Gasteiger partial charge on any atom is -0.489 e. The van der Waals surface area contributed by atoms with E-state index < -0.39 is 5.91 Å². The van der Waals surface area contributed by atoms with Crippen molar-refractivity contribution in [2.24, 2.45) is 0 Å². The van der Waals surface area contributed by atoms with Crippen molar-refractivity contribution in [3.8, 4) is 11.8 Å². The van der Waals surface area contributed by atoms with E-state index >= 15 is 0 Å². The summed E-state index contributed by atoms with van der Waals surface area (Å²) in [7, 11) is 0. The second kappa shape index (κ2) is 10.3. The SMILES string of the molecule is Cc1ccc(Cl)cc1NC(=O)/C(C#N)=C\c1ccc(OCc2ccc(I)cc2)cc1. The first-order chi connectivity index (χ1) is 14.4. The van der Waals surface area contributed by atoms with E-state index in [-0.39, 0.29) is 5.57 Å². The van der Waals surface area contributed by atoms with Crippen LogP contribution in [0.1, 0.15) is 16.7 Å². The van der Waals surface area contributed by atoms with Crippen molar-refractivity contribution in [3.63, 3.8) is 0 Å². The van der Waals surface area contributed by atoms with Crippen LogP contribution in [-0.4, -0.2) is 5.91 Å². The summed E-state index contributed by atoms with van der Waals surface area (Å²) in [4.78, 5) is 12.5. The summed E-state index contributed by atoms with van der Waals surface area (Å²) in [6.07, 6.45) is 1.54. The lowest BCUT2D eigenvalue weighted by Gasteiger charge is -2.09. The molecule has 0 saturated heterocycles. The maximum atomic E-state index is 12.5. The smallest absolute Gasteiger partial charge is 0.266 e. The van der Waals surface area contributed by atoms with Gasteiger partial charge in [0.2, 0.25) is 0 Å². The van der Waals surface area contributed by atoms with Crippen LogP contribution in [0.4, 0.5) is 5.69 Å².